The van der Waals surface area contributed by atoms with Crippen molar-refractivity contribution in [2.45, 2.75) is 17.9 Å². The Balaban J connectivity index is 2.24. The maximum atomic E-state index is 12.3. The molecule has 1 amide bonds. The van der Waals surface area contributed by atoms with Gasteiger partial charge in [-0.25, -0.2) is 13.6 Å². The van der Waals surface area contributed by atoms with Crippen molar-refractivity contribution in [3.8, 4) is 0 Å². The molecular formula is C15H16N4O5S. The van der Waals surface area contributed by atoms with Crippen molar-refractivity contribution < 1.29 is 18.1 Å². The number of sulfonamides is 1. The second-order valence-electron chi connectivity index (χ2n) is 5.34. The number of carbonyl (C=O) groups excluding carboxylic acids is 1. The Morgan fingerprint density at radius 1 is 1.24 bits per heavy atom. The molecule has 0 aliphatic heterocycles. The third-order valence-electron chi connectivity index (χ3n) is 3.52. The van der Waals surface area contributed by atoms with Crippen molar-refractivity contribution in [1.29, 1.82) is 0 Å². The minimum atomic E-state index is -3.86. The van der Waals surface area contributed by atoms with E-state index in [2.05, 4.69) is 5.32 Å². The number of rotatable bonds is 5. The molecule has 10 heteroatoms. The molecule has 25 heavy (non-hydrogen) atoms. The summed E-state index contributed by atoms with van der Waals surface area (Å²) in [6.45, 7) is 1.64. The van der Waals surface area contributed by atoms with Gasteiger partial charge in [0, 0.05) is 11.6 Å². The van der Waals surface area contributed by atoms with Crippen molar-refractivity contribution in [2.24, 2.45) is 5.14 Å². The molecular weight excluding hydrogens is 348 g/mol. The summed E-state index contributed by atoms with van der Waals surface area (Å²) in [5.41, 5.74) is 5.67. The Morgan fingerprint density at radius 2 is 1.92 bits per heavy atom. The summed E-state index contributed by atoms with van der Waals surface area (Å²) in [6.07, 6.45) is 0. The average Bonchev–Trinajstić information content (AvgIpc) is 2.54. The number of nitrogen functional groups attached to an aromatic ring is 1. The molecule has 2 aromatic carbocycles. The quantitative estimate of drug-likeness (QED) is 0.412. The molecule has 0 spiro atoms. The van der Waals surface area contributed by atoms with Gasteiger partial charge < -0.3 is 11.1 Å². The van der Waals surface area contributed by atoms with Crippen molar-refractivity contribution in [3.63, 3.8) is 0 Å². The zero-order chi connectivity index (χ0) is 18.8. The van der Waals surface area contributed by atoms with E-state index < -0.39 is 26.9 Å². The van der Waals surface area contributed by atoms with Crippen LogP contribution in [0.4, 0.5) is 11.4 Å². The van der Waals surface area contributed by atoms with Crippen molar-refractivity contribution in [1.82, 2.24) is 5.32 Å². The summed E-state index contributed by atoms with van der Waals surface area (Å²) in [6, 6.07) is 9.01. The smallest absolute Gasteiger partial charge is 0.292 e. The molecule has 0 aromatic heterocycles. The van der Waals surface area contributed by atoms with Gasteiger partial charge in [-0.15, -0.1) is 0 Å². The lowest BCUT2D eigenvalue weighted by Crippen LogP contribution is -2.27. The number of nitro benzene ring substituents is 1. The summed E-state index contributed by atoms with van der Waals surface area (Å²) in [7, 11) is -3.86. The van der Waals surface area contributed by atoms with Crippen molar-refractivity contribution in [3.05, 3.63) is 63.7 Å². The van der Waals surface area contributed by atoms with Crippen LogP contribution in [0.15, 0.2) is 47.4 Å². The molecule has 0 aliphatic carbocycles. The fourth-order valence-electron chi connectivity index (χ4n) is 2.17. The highest BCUT2D eigenvalue weighted by Gasteiger charge is 2.18. The number of anilines is 1. The van der Waals surface area contributed by atoms with Crippen LogP contribution in [-0.4, -0.2) is 19.2 Å². The molecule has 0 fully saturated rings. The van der Waals surface area contributed by atoms with Gasteiger partial charge in [0.1, 0.15) is 5.69 Å². The molecule has 9 nitrogen and oxygen atoms in total. The molecule has 0 saturated carbocycles. The first kappa shape index (κ1) is 18.4. The molecule has 2 rings (SSSR count). The molecule has 0 aliphatic rings. The molecule has 0 radical (unpaired) electrons. The standard InChI is InChI=1S/C15H16N4O5S/c1-9(10-3-2-4-12(7-10)25(17,23)24)18-15(20)11-5-6-13(16)14(8-11)19(21)22/h2-9H,16H2,1H3,(H,18,20)(H2,17,23,24). The van der Waals surface area contributed by atoms with E-state index in [1.807, 2.05) is 0 Å². The molecule has 132 valence electrons. The number of hydrogen-bond donors (Lipinski definition) is 3. The Labute approximate surface area is 143 Å². The minimum Gasteiger partial charge on any atom is -0.393 e. The van der Waals surface area contributed by atoms with Gasteiger partial charge in [0.15, 0.2) is 0 Å². The fourth-order valence-corrected chi connectivity index (χ4v) is 2.74. The summed E-state index contributed by atoms with van der Waals surface area (Å²) < 4.78 is 22.8. The lowest BCUT2D eigenvalue weighted by molar-refractivity contribution is -0.383. The third-order valence-corrected chi connectivity index (χ3v) is 4.43. The molecule has 1 unspecified atom stereocenters. The molecule has 1 atom stereocenters. The number of nitro groups is 1. The molecule has 2 aromatic rings. The van der Waals surface area contributed by atoms with Crippen LogP contribution in [0.25, 0.3) is 0 Å². The zero-order valence-electron chi connectivity index (χ0n) is 13.2. The summed E-state index contributed by atoms with van der Waals surface area (Å²) in [5.74, 6) is -0.559. The van der Waals surface area contributed by atoms with Gasteiger partial charge in [0.2, 0.25) is 10.0 Å². The van der Waals surface area contributed by atoms with Gasteiger partial charge in [-0.2, -0.15) is 0 Å². The Kier molecular flexibility index (Phi) is 5.04. The van der Waals surface area contributed by atoms with Crippen molar-refractivity contribution >= 4 is 27.3 Å². The zero-order valence-corrected chi connectivity index (χ0v) is 14.0. The summed E-state index contributed by atoms with van der Waals surface area (Å²) in [4.78, 5) is 22.4. The number of hydrogen-bond acceptors (Lipinski definition) is 6. The molecule has 0 heterocycles. The van der Waals surface area contributed by atoms with Crippen LogP contribution in [0.1, 0.15) is 28.9 Å². The van der Waals surface area contributed by atoms with Crippen LogP contribution >= 0.6 is 0 Å². The Bertz CT molecular complexity index is 943. The van der Waals surface area contributed by atoms with E-state index in [4.69, 9.17) is 10.9 Å². The average molecular weight is 364 g/mol. The van der Waals surface area contributed by atoms with Gasteiger partial charge in [0.05, 0.1) is 15.9 Å². The van der Waals surface area contributed by atoms with E-state index in [0.29, 0.717) is 5.56 Å². The van der Waals surface area contributed by atoms with Crippen molar-refractivity contribution in [2.75, 3.05) is 5.73 Å². The van der Waals surface area contributed by atoms with Gasteiger partial charge >= 0.3 is 0 Å². The van der Waals surface area contributed by atoms with Crippen LogP contribution in [0, 0.1) is 10.1 Å². The van der Waals surface area contributed by atoms with Crippen LogP contribution < -0.4 is 16.2 Å². The van der Waals surface area contributed by atoms with Crippen LogP contribution in [-0.2, 0) is 10.0 Å². The Morgan fingerprint density at radius 3 is 2.52 bits per heavy atom. The lowest BCUT2D eigenvalue weighted by atomic mass is 10.1. The highest BCUT2D eigenvalue weighted by atomic mass is 32.2. The number of amides is 1. The van der Waals surface area contributed by atoms with Crippen LogP contribution in [0.5, 0.6) is 0 Å². The lowest BCUT2D eigenvalue weighted by Gasteiger charge is -2.15. The topological polar surface area (TPSA) is 158 Å². The highest BCUT2D eigenvalue weighted by Crippen LogP contribution is 2.23. The number of nitrogens with one attached hydrogen (secondary N) is 1. The van der Waals surface area contributed by atoms with E-state index in [1.54, 1.807) is 13.0 Å². The van der Waals surface area contributed by atoms with E-state index in [0.717, 1.165) is 6.07 Å². The minimum absolute atomic E-state index is 0.0459. The van der Waals surface area contributed by atoms with E-state index in [9.17, 15) is 23.3 Å². The SMILES string of the molecule is CC(NC(=O)c1ccc(N)c([N+](=O)[O-])c1)c1cccc(S(N)(=O)=O)c1. The molecule has 5 N–H and O–H groups in total. The predicted octanol–water partition coefficient (Wildman–Crippen LogP) is 1.32. The third kappa shape index (κ3) is 4.31. The largest absolute Gasteiger partial charge is 0.393 e. The maximum absolute atomic E-state index is 12.3. The second kappa shape index (κ2) is 6.87. The number of carbonyl (C=O) groups is 1. The Hall–Kier alpha value is -2.98. The van der Waals surface area contributed by atoms with Crippen LogP contribution in [0.2, 0.25) is 0 Å². The predicted molar refractivity (Wildman–Crippen MR) is 91.2 cm³/mol. The highest BCUT2D eigenvalue weighted by molar-refractivity contribution is 7.89. The maximum Gasteiger partial charge on any atom is 0.292 e. The number of nitrogens with two attached hydrogens (primary N) is 2. The van der Waals surface area contributed by atoms with Gasteiger partial charge in [-0.3, -0.25) is 14.9 Å². The monoisotopic (exact) mass is 364 g/mol. The molecule has 0 saturated heterocycles. The van der Waals surface area contributed by atoms with Crippen LogP contribution in [0.3, 0.4) is 0 Å². The van der Waals surface area contributed by atoms with Gasteiger partial charge in [0.25, 0.3) is 11.6 Å². The summed E-state index contributed by atoms with van der Waals surface area (Å²) >= 11 is 0. The number of nitrogens with zero attached hydrogens (tertiary/aromatic N) is 1. The first-order valence-electron chi connectivity index (χ1n) is 7.07. The number of benzene rings is 2. The van der Waals surface area contributed by atoms with Gasteiger partial charge in [-0.1, -0.05) is 12.1 Å². The van der Waals surface area contributed by atoms with E-state index in [1.165, 1.54) is 30.3 Å². The van der Waals surface area contributed by atoms with E-state index in [-0.39, 0.29) is 21.8 Å². The first-order chi connectivity index (χ1) is 11.6. The summed E-state index contributed by atoms with van der Waals surface area (Å²) in [5, 5.41) is 18.6. The fraction of sp³-hybridized carbons (Fsp3) is 0.133. The second-order valence-corrected chi connectivity index (χ2v) is 6.90. The van der Waals surface area contributed by atoms with Gasteiger partial charge in [-0.05, 0) is 36.8 Å². The normalized spacial score (nSPS) is 12.4. The number of primary sulfonamides is 1. The first-order valence-corrected chi connectivity index (χ1v) is 8.62. The molecule has 0 bridgehead atoms. The van der Waals surface area contributed by atoms with E-state index >= 15 is 0 Å².